The van der Waals surface area contributed by atoms with Crippen LogP contribution in [0.3, 0.4) is 0 Å². The molecule has 0 saturated heterocycles. The zero-order valence-corrected chi connectivity index (χ0v) is 11.2. The molecule has 1 atom stereocenters. The monoisotopic (exact) mass is 288 g/mol. The lowest BCUT2D eigenvalue weighted by atomic mass is 10.2. The van der Waals surface area contributed by atoms with Crippen molar-refractivity contribution >= 4 is 39.1 Å². The number of hydrogen-bond acceptors (Lipinski definition) is 3. The molecule has 3 N–H and O–H groups in total. The van der Waals surface area contributed by atoms with Crippen LogP contribution in [0.1, 0.15) is 6.42 Å². The number of urea groups is 1. The Hall–Kier alpha value is -2.52. The highest BCUT2D eigenvalue weighted by Crippen LogP contribution is 2.23. The topological polar surface area (TPSA) is 78.4 Å². The predicted octanol–water partition coefficient (Wildman–Crippen LogP) is 2.50. The Bertz CT molecular complexity index is 687. The molecule has 0 aliphatic heterocycles. The van der Waals surface area contributed by atoms with Crippen molar-refractivity contribution < 1.29 is 14.7 Å². The van der Waals surface area contributed by atoms with Gasteiger partial charge in [0.25, 0.3) is 0 Å². The Balaban J connectivity index is 2.03. The van der Waals surface area contributed by atoms with Crippen LogP contribution in [-0.4, -0.2) is 23.1 Å². The number of carbonyl (C=O) groups excluding carboxylic acids is 1. The second kappa shape index (κ2) is 6.08. The number of anilines is 1. The minimum absolute atomic E-state index is 0.0632. The van der Waals surface area contributed by atoms with E-state index in [1.54, 1.807) is 17.4 Å². The van der Waals surface area contributed by atoms with E-state index in [-0.39, 0.29) is 6.42 Å². The van der Waals surface area contributed by atoms with Crippen LogP contribution < -0.4 is 10.6 Å². The number of thiophene rings is 1. The van der Waals surface area contributed by atoms with Crippen molar-refractivity contribution in [2.45, 2.75) is 12.5 Å². The summed E-state index contributed by atoms with van der Waals surface area (Å²) in [7, 11) is 0. The SMILES string of the molecule is C#CCC(NC(=O)Nc1ccc2sccc2c1)C(=O)O. The quantitative estimate of drug-likeness (QED) is 0.756. The maximum atomic E-state index is 11.7. The van der Waals surface area contributed by atoms with E-state index >= 15 is 0 Å². The van der Waals surface area contributed by atoms with Crippen LogP contribution in [0, 0.1) is 12.3 Å². The molecule has 0 aliphatic rings. The number of carboxylic acids is 1. The van der Waals surface area contributed by atoms with E-state index in [4.69, 9.17) is 11.5 Å². The third-order valence-corrected chi connectivity index (χ3v) is 3.53. The fourth-order valence-electron chi connectivity index (χ4n) is 1.69. The molecule has 0 aliphatic carbocycles. The first kappa shape index (κ1) is 13.9. The summed E-state index contributed by atoms with van der Waals surface area (Å²) in [6.45, 7) is 0. The number of aliphatic carboxylic acids is 1. The van der Waals surface area contributed by atoms with Gasteiger partial charge in [0, 0.05) is 16.8 Å². The molecule has 0 radical (unpaired) electrons. The van der Waals surface area contributed by atoms with Crippen molar-refractivity contribution in [2.24, 2.45) is 0 Å². The molecular weight excluding hydrogens is 276 g/mol. The van der Waals surface area contributed by atoms with Crippen LogP contribution in [0.15, 0.2) is 29.6 Å². The van der Waals surface area contributed by atoms with Gasteiger partial charge < -0.3 is 15.7 Å². The summed E-state index contributed by atoms with van der Waals surface area (Å²) in [5, 5.41) is 16.8. The molecule has 0 spiro atoms. The van der Waals surface area contributed by atoms with Crippen molar-refractivity contribution in [3.05, 3.63) is 29.6 Å². The maximum Gasteiger partial charge on any atom is 0.327 e. The van der Waals surface area contributed by atoms with E-state index in [1.807, 2.05) is 23.6 Å². The van der Waals surface area contributed by atoms with Gasteiger partial charge in [-0.3, -0.25) is 0 Å². The van der Waals surface area contributed by atoms with E-state index < -0.39 is 18.0 Å². The minimum atomic E-state index is -1.16. The highest BCUT2D eigenvalue weighted by Gasteiger charge is 2.18. The summed E-state index contributed by atoms with van der Waals surface area (Å²) in [4.78, 5) is 22.6. The lowest BCUT2D eigenvalue weighted by Gasteiger charge is -2.12. The Kier molecular flexibility index (Phi) is 4.23. The van der Waals surface area contributed by atoms with Gasteiger partial charge in [-0.2, -0.15) is 0 Å². The van der Waals surface area contributed by atoms with Crippen molar-refractivity contribution in [1.29, 1.82) is 0 Å². The minimum Gasteiger partial charge on any atom is -0.480 e. The zero-order chi connectivity index (χ0) is 14.5. The first-order valence-electron chi connectivity index (χ1n) is 5.81. The summed E-state index contributed by atoms with van der Waals surface area (Å²) in [6, 6.07) is 5.73. The molecule has 2 aromatic rings. The van der Waals surface area contributed by atoms with Crippen LogP contribution in [0.2, 0.25) is 0 Å². The molecule has 6 heteroatoms. The molecule has 0 saturated carbocycles. The summed E-state index contributed by atoms with van der Waals surface area (Å²) in [5.74, 6) is 1.06. The summed E-state index contributed by atoms with van der Waals surface area (Å²) < 4.78 is 1.12. The number of amides is 2. The van der Waals surface area contributed by atoms with Gasteiger partial charge in [-0.1, -0.05) is 0 Å². The summed E-state index contributed by atoms with van der Waals surface area (Å²) in [5.41, 5.74) is 0.596. The molecule has 5 nitrogen and oxygen atoms in total. The van der Waals surface area contributed by atoms with E-state index in [0.29, 0.717) is 5.69 Å². The fraction of sp³-hybridized carbons (Fsp3) is 0.143. The number of rotatable bonds is 4. The molecule has 1 aromatic heterocycles. The van der Waals surface area contributed by atoms with E-state index in [9.17, 15) is 9.59 Å². The normalized spacial score (nSPS) is 11.6. The first-order chi connectivity index (χ1) is 9.60. The first-order valence-corrected chi connectivity index (χ1v) is 6.69. The van der Waals surface area contributed by atoms with E-state index in [1.165, 1.54) is 0 Å². The van der Waals surface area contributed by atoms with Crippen molar-refractivity contribution in [1.82, 2.24) is 5.32 Å². The van der Waals surface area contributed by atoms with Gasteiger partial charge >= 0.3 is 12.0 Å². The third kappa shape index (κ3) is 3.28. The highest BCUT2D eigenvalue weighted by atomic mass is 32.1. The molecule has 0 bridgehead atoms. The Morgan fingerprint density at radius 3 is 2.90 bits per heavy atom. The Morgan fingerprint density at radius 2 is 2.20 bits per heavy atom. The molecule has 0 fully saturated rings. The van der Waals surface area contributed by atoms with Crippen LogP contribution in [-0.2, 0) is 4.79 Å². The van der Waals surface area contributed by atoms with Crippen LogP contribution in [0.25, 0.3) is 10.1 Å². The third-order valence-electron chi connectivity index (χ3n) is 2.64. The molecule has 1 heterocycles. The van der Waals surface area contributed by atoms with Gasteiger partial charge in [-0.25, -0.2) is 9.59 Å². The second-order valence-electron chi connectivity index (χ2n) is 4.07. The smallest absolute Gasteiger partial charge is 0.327 e. The van der Waals surface area contributed by atoms with Gasteiger partial charge in [-0.05, 0) is 35.0 Å². The molecule has 2 rings (SSSR count). The average Bonchev–Trinajstić information content (AvgIpc) is 2.85. The van der Waals surface area contributed by atoms with Gasteiger partial charge in [0.2, 0.25) is 0 Å². The Labute approximate surface area is 119 Å². The molecule has 20 heavy (non-hydrogen) atoms. The standard InChI is InChI=1S/C14H12N2O3S/c1-2-3-11(13(17)18)16-14(19)15-10-4-5-12-9(8-10)6-7-20-12/h1,4-8,11H,3H2,(H,17,18)(H2,15,16,19). The predicted molar refractivity (Wildman–Crippen MR) is 78.9 cm³/mol. The molecule has 102 valence electrons. The second-order valence-corrected chi connectivity index (χ2v) is 5.02. The van der Waals surface area contributed by atoms with Crippen molar-refractivity contribution in [3.63, 3.8) is 0 Å². The van der Waals surface area contributed by atoms with E-state index in [0.717, 1.165) is 10.1 Å². The van der Waals surface area contributed by atoms with Crippen LogP contribution in [0.4, 0.5) is 10.5 Å². The number of benzene rings is 1. The number of carboxylic acid groups (broad SMARTS) is 1. The number of fused-ring (bicyclic) bond motifs is 1. The van der Waals surface area contributed by atoms with Crippen molar-refractivity contribution in [2.75, 3.05) is 5.32 Å². The molecule has 2 amide bonds. The molecule has 1 unspecified atom stereocenters. The summed E-state index contributed by atoms with van der Waals surface area (Å²) >= 11 is 1.61. The average molecular weight is 288 g/mol. The van der Waals surface area contributed by atoms with Gasteiger partial charge in [-0.15, -0.1) is 23.7 Å². The van der Waals surface area contributed by atoms with Crippen molar-refractivity contribution in [3.8, 4) is 12.3 Å². The van der Waals surface area contributed by atoms with Crippen LogP contribution in [0.5, 0.6) is 0 Å². The number of carbonyl (C=O) groups is 2. The number of terminal acetylenes is 1. The van der Waals surface area contributed by atoms with E-state index in [2.05, 4.69) is 16.6 Å². The number of nitrogens with one attached hydrogen (secondary N) is 2. The summed E-state index contributed by atoms with van der Waals surface area (Å²) in [6.07, 6.45) is 5.00. The van der Waals surface area contributed by atoms with Gasteiger partial charge in [0.05, 0.1) is 0 Å². The van der Waals surface area contributed by atoms with Crippen LogP contribution >= 0.6 is 11.3 Å². The Morgan fingerprint density at radius 1 is 1.40 bits per heavy atom. The highest BCUT2D eigenvalue weighted by molar-refractivity contribution is 7.17. The number of hydrogen-bond donors (Lipinski definition) is 3. The lowest BCUT2D eigenvalue weighted by molar-refractivity contribution is -0.139. The lowest BCUT2D eigenvalue weighted by Crippen LogP contribution is -2.42. The zero-order valence-electron chi connectivity index (χ0n) is 10.4. The molecular formula is C14H12N2O3S. The van der Waals surface area contributed by atoms with Gasteiger partial charge in [0.15, 0.2) is 0 Å². The maximum absolute atomic E-state index is 11.7. The molecule has 1 aromatic carbocycles. The fourth-order valence-corrected chi connectivity index (χ4v) is 2.46. The largest absolute Gasteiger partial charge is 0.480 e. The van der Waals surface area contributed by atoms with Gasteiger partial charge in [0.1, 0.15) is 6.04 Å².